The van der Waals surface area contributed by atoms with Gasteiger partial charge in [-0.2, -0.15) is 13.2 Å². The van der Waals surface area contributed by atoms with Gasteiger partial charge >= 0.3 is 6.18 Å². The number of rotatable bonds is 4. The van der Waals surface area contributed by atoms with Gasteiger partial charge in [-0.1, -0.05) is 6.92 Å². The number of amides is 1. The minimum Gasteiger partial charge on any atom is -0.335 e. The molecule has 3 heterocycles. The SMILES string of the molecule is CCCN(C(=O)c1sc2nc(C(F)(F)F)ccc2c1C)C1CCNCC1.Cl. The van der Waals surface area contributed by atoms with Crippen LogP contribution in [0.25, 0.3) is 10.2 Å². The molecule has 150 valence electrons. The number of alkyl halides is 3. The van der Waals surface area contributed by atoms with E-state index < -0.39 is 11.9 Å². The topological polar surface area (TPSA) is 45.2 Å². The van der Waals surface area contributed by atoms with Gasteiger partial charge in [-0.25, -0.2) is 4.98 Å². The molecule has 4 nitrogen and oxygen atoms in total. The summed E-state index contributed by atoms with van der Waals surface area (Å²) in [5.41, 5.74) is -0.208. The fourth-order valence-electron chi connectivity index (χ4n) is 3.40. The number of thiophene rings is 1. The Morgan fingerprint density at radius 1 is 1.33 bits per heavy atom. The number of hydrogen-bond donors (Lipinski definition) is 1. The third-order valence-corrected chi connectivity index (χ3v) is 5.95. The number of piperidine rings is 1. The Bertz CT molecular complexity index is 803. The lowest BCUT2D eigenvalue weighted by molar-refractivity contribution is -0.140. The van der Waals surface area contributed by atoms with Crippen LogP contribution < -0.4 is 5.32 Å². The zero-order valence-electron chi connectivity index (χ0n) is 15.2. The Morgan fingerprint density at radius 2 is 2.00 bits per heavy atom. The van der Waals surface area contributed by atoms with Gasteiger partial charge in [0.25, 0.3) is 5.91 Å². The molecule has 1 saturated heterocycles. The summed E-state index contributed by atoms with van der Waals surface area (Å²) >= 11 is 1.06. The maximum Gasteiger partial charge on any atom is 0.433 e. The molecule has 3 rings (SSSR count). The Kier molecular flexibility index (Phi) is 7.10. The van der Waals surface area contributed by atoms with Crippen LogP contribution in [-0.4, -0.2) is 41.5 Å². The fraction of sp³-hybridized carbons (Fsp3) is 0.556. The second-order valence-corrected chi connectivity index (χ2v) is 7.58. The second-order valence-electron chi connectivity index (χ2n) is 6.58. The predicted octanol–water partition coefficient (Wildman–Crippen LogP) is 4.65. The van der Waals surface area contributed by atoms with E-state index in [1.54, 1.807) is 6.92 Å². The van der Waals surface area contributed by atoms with Crippen molar-refractivity contribution in [2.75, 3.05) is 19.6 Å². The van der Waals surface area contributed by atoms with E-state index in [4.69, 9.17) is 0 Å². The predicted molar refractivity (Wildman–Crippen MR) is 104 cm³/mol. The molecular weight excluding hydrogens is 399 g/mol. The van der Waals surface area contributed by atoms with Crippen molar-refractivity contribution in [3.63, 3.8) is 0 Å². The van der Waals surface area contributed by atoms with Gasteiger partial charge < -0.3 is 10.2 Å². The molecule has 0 aliphatic carbocycles. The second kappa shape index (κ2) is 8.75. The van der Waals surface area contributed by atoms with Crippen LogP contribution in [0.2, 0.25) is 0 Å². The number of nitrogens with zero attached hydrogens (tertiary/aromatic N) is 2. The van der Waals surface area contributed by atoms with Crippen LogP contribution in [0.15, 0.2) is 12.1 Å². The van der Waals surface area contributed by atoms with Crippen LogP contribution in [0, 0.1) is 6.92 Å². The van der Waals surface area contributed by atoms with Crippen molar-refractivity contribution in [3.8, 4) is 0 Å². The quantitative estimate of drug-likeness (QED) is 0.781. The van der Waals surface area contributed by atoms with Gasteiger partial charge in [0.05, 0.1) is 4.88 Å². The van der Waals surface area contributed by atoms with Crippen LogP contribution in [0.4, 0.5) is 13.2 Å². The van der Waals surface area contributed by atoms with Gasteiger partial charge in [-0.15, -0.1) is 23.7 Å². The fourth-order valence-corrected chi connectivity index (χ4v) is 4.54. The summed E-state index contributed by atoms with van der Waals surface area (Å²) in [6.45, 7) is 6.21. The van der Waals surface area contributed by atoms with Crippen LogP contribution in [-0.2, 0) is 6.18 Å². The summed E-state index contributed by atoms with van der Waals surface area (Å²) in [5.74, 6) is -0.0900. The molecule has 1 amide bonds. The summed E-state index contributed by atoms with van der Waals surface area (Å²) in [6, 6.07) is 2.57. The van der Waals surface area contributed by atoms with Crippen LogP contribution in [0.3, 0.4) is 0 Å². The highest BCUT2D eigenvalue weighted by Crippen LogP contribution is 2.35. The number of fused-ring (bicyclic) bond motifs is 1. The van der Waals surface area contributed by atoms with Crippen molar-refractivity contribution in [2.24, 2.45) is 0 Å². The van der Waals surface area contributed by atoms with Crippen LogP contribution in [0.1, 0.15) is 47.1 Å². The molecule has 27 heavy (non-hydrogen) atoms. The van der Waals surface area contributed by atoms with Crippen LogP contribution >= 0.6 is 23.7 Å². The number of carbonyl (C=O) groups excluding carboxylic acids is 1. The third-order valence-electron chi connectivity index (χ3n) is 4.76. The van der Waals surface area contributed by atoms with Gasteiger partial charge in [0.1, 0.15) is 10.5 Å². The van der Waals surface area contributed by atoms with E-state index in [0.29, 0.717) is 22.4 Å². The molecule has 1 aliphatic heterocycles. The standard InChI is InChI=1S/C18H22F3N3OS.ClH/c1-3-10-24(12-6-8-22-9-7-12)17(25)15-11(2)13-4-5-14(18(19,20)21)23-16(13)26-15;/h4-5,12,22H,3,6-10H2,1-2H3;1H. The Hall–Kier alpha value is -1.38. The molecule has 1 aliphatic rings. The van der Waals surface area contributed by atoms with Gasteiger partial charge in [0.15, 0.2) is 0 Å². The average molecular weight is 422 g/mol. The molecule has 2 aromatic heterocycles. The zero-order chi connectivity index (χ0) is 18.9. The zero-order valence-corrected chi connectivity index (χ0v) is 16.9. The molecule has 1 N–H and O–H groups in total. The molecule has 2 aromatic rings. The van der Waals surface area contributed by atoms with Gasteiger partial charge in [-0.3, -0.25) is 4.79 Å². The lowest BCUT2D eigenvalue weighted by atomic mass is 10.0. The van der Waals surface area contributed by atoms with E-state index in [1.807, 2.05) is 11.8 Å². The summed E-state index contributed by atoms with van der Waals surface area (Å²) in [6.07, 6.45) is -1.85. The van der Waals surface area contributed by atoms with Crippen molar-refractivity contribution < 1.29 is 18.0 Å². The first-order valence-corrected chi connectivity index (χ1v) is 9.63. The average Bonchev–Trinajstić information content (AvgIpc) is 2.95. The maximum absolute atomic E-state index is 13.2. The van der Waals surface area contributed by atoms with E-state index in [0.717, 1.165) is 49.8 Å². The molecular formula is C18H23ClF3N3OS. The largest absolute Gasteiger partial charge is 0.433 e. The highest BCUT2D eigenvalue weighted by Gasteiger charge is 2.34. The first kappa shape index (κ1) is 21.9. The number of pyridine rings is 1. The minimum atomic E-state index is -4.49. The van der Waals surface area contributed by atoms with E-state index >= 15 is 0 Å². The molecule has 0 aromatic carbocycles. The first-order valence-electron chi connectivity index (χ1n) is 8.82. The normalized spacial score (nSPS) is 15.6. The lowest BCUT2D eigenvalue weighted by Gasteiger charge is -2.34. The third kappa shape index (κ3) is 4.55. The Labute approximate surface area is 166 Å². The van der Waals surface area contributed by atoms with Crippen molar-refractivity contribution in [1.82, 2.24) is 15.2 Å². The van der Waals surface area contributed by atoms with Gasteiger partial charge in [0, 0.05) is 18.0 Å². The first-order chi connectivity index (χ1) is 12.3. The van der Waals surface area contributed by atoms with E-state index in [-0.39, 0.29) is 29.2 Å². The van der Waals surface area contributed by atoms with Gasteiger partial charge in [0.2, 0.25) is 0 Å². The number of nitrogens with one attached hydrogen (secondary N) is 1. The van der Waals surface area contributed by atoms with Gasteiger partial charge in [-0.05, 0) is 57.0 Å². The van der Waals surface area contributed by atoms with E-state index in [1.165, 1.54) is 6.07 Å². The molecule has 9 heteroatoms. The smallest absolute Gasteiger partial charge is 0.335 e. The number of aryl methyl sites for hydroxylation is 1. The number of carbonyl (C=O) groups is 1. The van der Waals surface area contributed by atoms with E-state index in [9.17, 15) is 18.0 Å². The number of aromatic nitrogens is 1. The van der Waals surface area contributed by atoms with Crippen molar-refractivity contribution in [1.29, 1.82) is 0 Å². The van der Waals surface area contributed by atoms with Crippen LogP contribution in [0.5, 0.6) is 0 Å². The molecule has 0 radical (unpaired) electrons. The van der Waals surface area contributed by atoms with E-state index in [2.05, 4.69) is 10.3 Å². The molecule has 0 unspecified atom stereocenters. The molecule has 1 fully saturated rings. The molecule has 0 spiro atoms. The Morgan fingerprint density at radius 3 is 2.59 bits per heavy atom. The lowest BCUT2D eigenvalue weighted by Crippen LogP contribution is -2.46. The highest BCUT2D eigenvalue weighted by atomic mass is 35.5. The maximum atomic E-state index is 13.2. The van der Waals surface area contributed by atoms with Crippen molar-refractivity contribution in [3.05, 3.63) is 28.3 Å². The molecule has 0 saturated carbocycles. The summed E-state index contributed by atoms with van der Waals surface area (Å²) in [7, 11) is 0. The molecule has 0 bridgehead atoms. The Balaban J connectivity index is 0.00000261. The highest BCUT2D eigenvalue weighted by molar-refractivity contribution is 7.20. The number of hydrogen-bond acceptors (Lipinski definition) is 4. The molecule has 0 atom stereocenters. The minimum absolute atomic E-state index is 0. The summed E-state index contributed by atoms with van der Waals surface area (Å²) in [5, 5.41) is 3.91. The van der Waals surface area contributed by atoms with Crippen molar-refractivity contribution >= 4 is 39.9 Å². The monoisotopic (exact) mass is 421 g/mol. The summed E-state index contributed by atoms with van der Waals surface area (Å²) in [4.78, 5) is 19.6. The summed E-state index contributed by atoms with van der Waals surface area (Å²) < 4.78 is 38.7. The number of halogens is 4. The van der Waals surface area contributed by atoms with Crippen molar-refractivity contribution in [2.45, 2.75) is 45.3 Å².